The van der Waals surface area contributed by atoms with Crippen LogP contribution in [0.15, 0.2) is 17.8 Å². The zero-order valence-corrected chi connectivity index (χ0v) is 15.0. The van der Waals surface area contributed by atoms with Gasteiger partial charge in [0.2, 0.25) is 0 Å². The molecule has 1 aromatic carbocycles. The minimum Gasteiger partial charge on any atom is -0.466 e. The average molecular weight is 394 g/mol. The van der Waals surface area contributed by atoms with Crippen LogP contribution in [-0.2, 0) is 23.8 Å². The molecule has 0 aliphatic rings. The molecule has 7 nitrogen and oxygen atoms in total. The van der Waals surface area contributed by atoms with Gasteiger partial charge in [0.05, 0.1) is 43.2 Å². The van der Waals surface area contributed by atoms with Crippen LogP contribution in [0.3, 0.4) is 0 Å². The molecule has 0 fully saturated rings. The highest BCUT2D eigenvalue weighted by molar-refractivity contribution is 6.41. The van der Waals surface area contributed by atoms with Crippen LogP contribution in [0, 0.1) is 5.82 Å². The Kier molecular flexibility index (Phi) is 7.66. The summed E-state index contributed by atoms with van der Waals surface area (Å²) in [6.45, 7) is 1.60. The maximum atomic E-state index is 14.0. The van der Waals surface area contributed by atoms with Gasteiger partial charge in [0.15, 0.2) is 0 Å². The molecular weight excluding hydrogens is 380 g/mol. The standard InChI is InChI=1S/C15H14Cl2FNO6/c1-4-25-14(21)7-5-8(18)12(17)13(11(7)16)19-9(15(22)24-3)6-10(20)23-2/h5-6,19H,4H2,1-3H3/b9-6+. The van der Waals surface area contributed by atoms with Crippen molar-refractivity contribution in [1.29, 1.82) is 0 Å². The highest BCUT2D eigenvalue weighted by Crippen LogP contribution is 2.37. The zero-order chi connectivity index (χ0) is 19.1. The van der Waals surface area contributed by atoms with Crippen molar-refractivity contribution < 1.29 is 33.0 Å². The van der Waals surface area contributed by atoms with E-state index in [0.29, 0.717) is 0 Å². The van der Waals surface area contributed by atoms with Crippen LogP contribution in [-0.4, -0.2) is 38.7 Å². The molecule has 0 aromatic heterocycles. The summed E-state index contributed by atoms with van der Waals surface area (Å²) in [4.78, 5) is 35.0. The van der Waals surface area contributed by atoms with Crippen molar-refractivity contribution in [3.05, 3.63) is 39.3 Å². The first-order chi connectivity index (χ1) is 11.8. The molecule has 0 saturated heterocycles. The maximum absolute atomic E-state index is 14.0. The van der Waals surface area contributed by atoms with Gasteiger partial charge in [-0.1, -0.05) is 23.2 Å². The van der Waals surface area contributed by atoms with Gasteiger partial charge in [-0.15, -0.1) is 0 Å². The summed E-state index contributed by atoms with van der Waals surface area (Å²) in [6, 6.07) is 0.801. The largest absolute Gasteiger partial charge is 0.466 e. The van der Waals surface area contributed by atoms with Crippen LogP contribution in [0.25, 0.3) is 0 Å². The summed E-state index contributed by atoms with van der Waals surface area (Å²) < 4.78 is 27.7. The molecule has 0 atom stereocenters. The Bertz CT molecular complexity index is 735. The van der Waals surface area contributed by atoms with Gasteiger partial charge < -0.3 is 19.5 Å². The van der Waals surface area contributed by atoms with Gasteiger partial charge in [0, 0.05) is 0 Å². The Morgan fingerprint density at radius 3 is 2.36 bits per heavy atom. The van der Waals surface area contributed by atoms with Crippen molar-refractivity contribution in [2.75, 3.05) is 26.1 Å². The number of carbonyl (C=O) groups excluding carboxylic acids is 3. The molecule has 0 radical (unpaired) electrons. The third kappa shape index (κ3) is 5.07. The summed E-state index contributed by atoms with van der Waals surface area (Å²) in [6.07, 6.45) is 0.757. The van der Waals surface area contributed by atoms with Gasteiger partial charge in [-0.05, 0) is 13.0 Å². The molecule has 1 N–H and O–H groups in total. The van der Waals surface area contributed by atoms with Crippen LogP contribution in [0.2, 0.25) is 10.0 Å². The van der Waals surface area contributed by atoms with Crippen molar-refractivity contribution in [3.8, 4) is 0 Å². The fraction of sp³-hybridized carbons (Fsp3) is 0.267. The predicted molar refractivity (Wildman–Crippen MR) is 88.1 cm³/mol. The summed E-state index contributed by atoms with van der Waals surface area (Å²) in [7, 11) is 2.16. The van der Waals surface area contributed by atoms with E-state index < -0.39 is 34.4 Å². The fourth-order valence-corrected chi connectivity index (χ4v) is 2.16. The Balaban J connectivity index is 3.44. The van der Waals surface area contributed by atoms with Crippen molar-refractivity contribution in [2.24, 2.45) is 0 Å². The SMILES string of the molecule is CCOC(=O)c1cc(F)c(Cl)c(N/C(=C/C(=O)OC)C(=O)OC)c1Cl. The lowest BCUT2D eigenvalue weighted by atomic mass is 10.1. The molecule has 0 unspecified atom stereocenters. The van der Waals surface area contributed by atoms with E-state index in [1.165, 1.54) is 0 Å². The fourth-order valence-electron chi connectivity index (χ4n) is 1.64. The number of ether oxygens (including phenoxy) is 3. The van der Waals surface area contributed by atoms with E-state index in [4.69, 9.17) is 27.9 Å². The number of rotatable bonds is 6. The van der Waals surface area contributed by atoms with Gasteiger partial charge in [-0.25, -0.2) is 18.8 Å². The number of carbonyl (C=O) groups is 3. The molecule has 0 amide bonds. The third-order valence-corrected chi connectivity index (χ3v) is 3.54. The van der Waals surface area contributed by atoms with E-state index in [1.807, 2.05) is 0 Å². The number of esters is 3. The monoisotopic (exact) mass is 393 g/mol. The van der Waals surface area contributed by atoms with Crippen molar-refractivity contribution in [2.45, 2.75) is 6.92 Å². The second kappa shape index (κ2) is 9.24. The highest BCUT2D eigenvalue weighted by atomic mass is 35.5. The van der Waals surface area contributed by atoms with E-state index >= 15 is 0 Å². The minimum absolute atomic E-state index is 0.0395. The molecule has 1 rings (SSSR count). The van der Waals surface area contributed by atoms with E-state index in [0.717, 1.165) is 26.4 Å². The Morgan fingerprint density at radius 1 is 1.20 bits per heavy atom. The molecular formula is C15H14Cl2FNO6. The lowest BCUT2D eigenvalue weighted by Gasteiger charge is -2.15. The van der Waals surface area contributed by atoms with Gasteiger partial charge in [0.1, 0.15) is 16.5 Å². The predicted octanol–water partition coefficient (Wildman–Crippen LogP) is 2.95. The van der Waals surface area contributed by atoms with Gasteiger partial charge >= 0.3 is 17.9 Å². The first-order valence-corrected chi connectivity index (χ1v) is 7.51. The molecule has 0 bridgehead atoms. The molecule has 136 valence electrons. The number of halogens is 3. The number of anilines is 1. The summed E-state index contributed by atoms with van der Waals surface area (Å²) >= 11 is 11.9. The highest BCUT2D eigenvalue weighted by Gasteiger charge is 2.24. The molecule has 0 aliphatic heterocycles. The number of hydrogen-bond acceptors (Lipinski definition) is 7. The summed E-state index contributed by atoms with van der Waals surface area (Å²) in [5.41, 5.74) is -1.05. The normalized spacial score (nSPS) is 10.9. The van der Waals surface area contributed by atoms with Crippen LogP contribution < -0.4 is 5.32 Å². The Labute approximate surface area is 152 Å². The van der Waals surface area contributed by atoms with E-state index in [1.54, 1.807) is 6.92 Å². The van der Waals surface area contributed by atoms with Crippen molar-refractivity contribution in [1.82, 2.24) is 0 Å². The second-order valence-corrected chi connectivity index (χ2v) is 5.08. The Morgan fingerprint density at radius 2 is 1.84 bits per heavy atom. The molecule has 0 heterocycles. The average Bonchev–Trinajstić information content (AvgIpc) is 2.59. The van der Waals surface area contributed by atoms with Gasteiger partial charge in [0.25, 0.3) is 0 Å². The zero-order valence-electron chi connectivity index (χ0n) is 13.4. The van der Waals surface area contributed by atoms with Gasteiger partial charge in [-0.2, -0.15) is 0 Å². The van der Waals surface area contributed by atoms with Crippen LogP contribution in [0.4, 0.5) is 10.1 Å². The van der Waals surface area contributed by atoms with Crippen LogP contribution in [0.5, 0.6) is 0 Å². The number of methoxy groups -OCH3 is 2. The second-order valence-electron chi connectivity index (χ2n) is 4.33. The first-order valence-electron chi connectivity index (χ1n) is 6.76. The van der Waals surface area contributed by atoms with Crippen molar-refractivity contribution >= 4 is 46.8 Å². The molecule has 0 saturated carbocycles. The first kappa shape index (κ1) is 20.7. The maximum Gasteiger partial charge on any atom is 0.354 e. The van der Waals surface area contributed by atoms with Crippen LogP contribution >= 0.6 is 23.2 Å². The molecule has 1 aromatic rings. The van der Waals surface area contributed by atoms with Gasteiger partial charge in [-0.3, -0.25) is 0 Å². The molecule has 25 heavy (non-hydrogen) atoms. The lowest BCUT2D eigenvalue weighted by Crippen LogP contribution is -2.17. The smallest absolute Gasteiger partial charge is 0.354 e. The molecule has 10 heteroatoms. The lowest BCUT2D eigenvalue weighted by molar-refractivity contribution is -0.138. The van der Waals surface area contributed by atoms with E-state index in [2.05, 4.69) is 14.8 Å². The topological polar surface area (TPSA) is 90.9 Å². The summed E-state index contributed by atoms with van der Waals surface area (Å²) in [5, 5.41) is 1.58. The molecule has 0 spiro atoms. The third-order valence-electron chi connectivity index (χ3n) is 2.78. The molecule has 0 aliphatic carbocycles. The quantitative estimate of drug-likeness (QED) is 0.343. The number of nitrogens with one attached hydrogen (secondary N) is 1. The Hall–Kier alpha value is -2.32. The summed E-state index contributed by atoms with van der Waals surface area (Å²) in [5.74, 6) is -3.73. The van der Waals surface area contributed by atoms with Crippen molar-refractivity contribution in [3.63, 3.8) is 0 Å². The van der Waals surface area contributed by atoms with Crippen LogP contribution in [0.1, 0.15) is 17.3 Å². The number of benzene rings is 1. The minimum atomic E-state index is -0.987. The van der Waals surface area contributed by atoms with E-state index in [-0.39, 0.29) is 22.9 Å². The van der Waals surface area contributed by atoms with E-state index in [9.17, 15) is 18.8 Å². The number of hydrogen-bond donors (Lipinski definition) is 1.